The van der Waals surface area contributed by atoms with Crippen molar-refractivity contribution in [3.8, 4) is 17.2 Å². The molecule has 5 heteroatoms. The van der Waals surface area contributed by atoms with E-state index in [1.807, 2.05) is 0 Å². The average molecular weight is 259 g/mol. The van der Waals surface area contributed by atoms with Gasteiger partial charge in [-0.1, -0.05) is 6.07 Å². The molecule has 0 heterocycles. The predicted molar refractivity (Wildman–Crippen MR) is 70.6 cm³/mol. The fourth-order valence-corrected chi connectivity index (χ4v) is 1.71. The summed E-state index contributed by atoms with van der Waals surface area (Å²) >= 11 is 0. The van der Waals surface area contributed by atoms with E-state index in [0.29, 0.717) is 5.69 Å². The van der Waals surface area contributed by atoms with Crippen molar-refractivity contribution in [2.75, 3.05) is 11.9 Å². The lowest BCUT2D eigenvalue weighted by molar-refractivity contribution is 0.0987. The minimum Gasteiger partial charge on any atom is -0.508 e. The zero-order chi connectivity index (χ0) is 14.0. The van der Waals surface area contributed by atoms with Gasteiger partial charge in [-0.15, -0.1) is 0 Å². The molecule has 1 amide bonds. The van der Waals surface area contributed by atoms with E-state index in [1.165, 1.54) is 42.3 Å². The van der Waals surface area contributed by atoms with Crippen molar-refractivity contribution in [3.63, 3.8) is 0 Å². The first-order valence-corrected chi connectivity index (χ1v) is 5.58. The Morgan fingerprint density at radius 3 is 2.00 bits per heavy atom. The third-order valence-electron chi connectivity index (χ3n) is 2.78. The number of carbonyl (C=O) groups is 1. The molecule has 5 nitrogen and oxygen atoms in total. The smallest absolute Gasteiger partial charge is 0.265 e. The Balaban J connectivity index is 2.36. The highest BCUT2D eigenvalue weighted by molar-refractivity contribution is 6.09. The van der Waals surface area contributed by atoms with Crippen molar-refractivity contribution in [2.45, 2.75) is 0 Å². The summed E-state index contributed by atoms with van der Waals surface area (Å²) in [5.74, 6) is -1.01. The Morgan fingerprint density at radius 2 is 1.47 bits per heavy atom. The molecule has 2 aromatic carbocycles. The van der Waals surface area contributed by atoms with Gasteiger partial charge in [0.05, 0.1) is 0 Å². The molecule has 0 aliphatic carbocycles. The summed E-state index contributed by atoms with van der Waals surface area (Å²) in [5.41, 5.74) is 0.378. The number of rotatable bonds is 2. The molecule has 0 radical (unpaired) electrons. The number of carbonyl (C=O) groups excluding carboxylic acids is 1. The Hall–Kier alpha value is -2.69. The predicted octanol–water partition coefficient (Wildman–Crippen LogP) is 2.08. The summed E-state index contributed by atoms with van der Waals surface area (Å²) in [5, 5.41) is 28.5. The van der Waals surface area contributed by atoms with Crippen LogP contribution in [0.25, 0.3) is 0 Å². The second kappa shape index (κ2) is 4.89. The lowest BCUT2D eigenvalue weighted by atomic mass is 10.1. The Kier molecular flexibility index (Phi) is 3.29. The fourth-order valence-electron chi connectivity index (χ4n) is 1.71. The number of phenols is 3. The second-order valence-electron chi connectivity index (χ2n) is 4.05. The van der Waals surface area contributed by atoms with Gasteiger partial charge >= 0.3 is 0 Å². The first kappa shape index (κ1) is 12.8. The van der Waals surface area contributed by atoms with Crippen molar-refractivity contribution in [3.05, 3.63) is 48.0 Å². The van der Waals surface area contributed by atoms with Gasteiger partial charge in [0.25, 0.3) is 5.91 Å². The molecule has 0 aliphatic rings. The molecule has 0 spiro atoms. The molecule has 98 valence electrons. The summed E-state index contributed by atoms with van der Waals surface area (Å²) in [6.07, 6.45) is 0. The highest BCUT2D eigenvalue weighted by Gasteiger charge is 2.20. The van der Waals surface area contributed by atoms with Gasteiger partial charge in [0.15, 0.2) is 0 Å². The van der Waals surface area contributed by atoms with Crippen LogP contribution in [0.2, 0.25) is 0 Å². The van der Waals surface area contributed by atoms with Crippen LogP contribution in [0, 0.1) is 0 Å². The zero-order valence-corrected chi connectivity index (χ0v) is 10.2. The molecule has 0 atom stereocenters. The third-order valence-corrected chi connectivity index (χ3v) is 2.78. The van der Waals surface area contributed by atoms with Crippen LogP contribution >= 0.6 is 0 Å². The van der Waals surface area contributed by atoms with Crippen LogP contribution in [0.1, 0.15) is 10.4 Å². The van der Waals surface area contributed by atoms with Gasteiger partial charge < -0.3 is 20.2 Å². The lowest BCUT2D eigenvalue weighted by Gasteiger charge is -2.18. The Labute approximate surface area is 110 Å². The van der Waals surface area contributed by atoms with Crippen LogP contribution in [0.4, 0.5) is 5.69 Å². The monoisotopic (exact) mass is 259 g/mol. The molecular weight excluding hydrogens is 246 g/mol. The summed E-state index contributed by atoms with van der Waals surface area (Å²) < 4.78 is 0. The van der Waals surface area contributed by atoms with Crippen LogP contribution < -0.4 is 4.90 Å². The molecule has 0 unspecified atom stereocenters. The number of aromatic hydroxyl groups is 3. The average Bonchev–Trinajstić information content (AvgIpc) is 2.38. The number of benzene rings is 2. The fraction of sp³-hybridized carbons (Fsp3) is 0.0714. The van der Waals surface area contributed by atoms with E-state index in [1.54, 1.807) is 12.1 Å². The van der Waals surface area contributed by atoms with Crippen LogP contribution in [0.5, 0.6) is 17.2 Å². The number of anilines is 1. The minimum atomic E-state index is -0.540. The van der Waals surface area contributed by atoms with Gasteiger partial charge in [-0.25, -0.2) is 0 Å². The maximum Gasteiger partial charge on any atom is 0.265 e. The van der Waals surface area contributed by atoms with Gasteiger partial charge in [0, 0.05) is 12.7 Å². The molecule has 0 saturated carbocycles. The van der Waals surface area contributed by atoms with E-state index in [0.717, 1.165) is 0 Å². The maximum absolute atomic E-state index is 12.2. The second-order valence-corrected chi connectivity index (χ2v) is 4.05. The number of amides is 1. The topological polar surface area (TPSA) is 81.0 Å². The quantitative estimate of drug-likeness (QED) is 0.771. The first-order valence-electron chi connectivity index (χ1n) is 5.58. The lowest BCUT2D eigenvalue weighted by Crippen LogP contribution is -2.26. The normalized spacial score (nSPS) is 10.2. The third kappa shape index (κ3) is 2.44. The van der Waals surface area contributed by atoms with Crippen molar-refractivity contribution >= 4 is 11.6 Å². The molecule has 2 aromatic rings. The number of nitrogens with zero attached hydrogens (tertiary/aromatic N) is 1. The summed E-state index contributed by atoms with van der Waals surface area (Å²) in [4.78, 5) is 13.5. The van der Waals surface area contributed by atoms with E-state index < -0.39 is 5.91 Å². The van der Waals surface area contributed by atoms with Crippen LogP contribution in [0.15, 0.2) is 42.5 Å². The number of hydrogen-bond acceptors (Lipinski definition) is 4. The van der Waals surface area contributed by atoms with E-state index in [-0.39, 0.29) is 22.8 Å². The number of hydrogen-bond donors (Lipinski definition) is 3. The summed E-state index contributed by atoms with van der Waals surface area (Å²) in [7, 11) is 1.51. The van der Waals surface area contributed by atoms with Crippen molar-refractivity contribution < 1.29 is 20.1 Å². The van der Waals surface area contributed by atoms with Crippen LogP contribution in [-0.4, -0.2) is 28.3 Å². The van der Waals surface area contributed by atoms with Crippen LogP contribution in [-0.2, 0) is 0 Å². The molecular formula is C14H13NO4. The van der Waals surface area contributed by atoms with Crippen molar-refractivity contribution in [1.82, 2.24) is 0 Å². The van der Waals surface area contributed by atoms with Gasteiger partial charge in [0.2, 0.25) is 0 Å². The maximum atomic E-state index is 12.2. The van der Waals surface area contributed by atoms with E-state index in [4.69, 9.17) is 0 Å². The van der Waals surface area contributed by atoms with Gasteiger partial charge in [-0.2, -0.15) is 0 Å². The Morgan fingerprint density at radius 1 is 0.947 bits per heavy atom. The van der Waals surface area contributed by atoms with Crippen LogP contribution in [0.3, 0.4) is 0 Å². The minimum absolute atomic E-state index is 0.0926. The molecule has 19 heavy (non-hydrogen) atoms. The van der Waals surface area contributed by atoms with Gasteiger partial charge in [0.1, 0.15) is 22.8 Å². The van der Waals surface area contributed by atoms with E-state index in [2.05, 4.69) is 0 Å². The summed E-state index contributed by atoms with van der Waals surface area (Å²) in [6.45, 7) is 0. The molecule has 0 saturated heterocycles. The largest absolute Gasteiger partial charge is 0.508 e. The standard InChI is InChI=1S/C14H13NO4/c1-15(9-5-7-10(16)8-6-9)14(19)13-11(17)3-2-4-12(13)18/h2-8,16-18H,1H3. The van der Waals surface area contributed by atoms with E-state index >= 15 is 0 Å². The molecule has 0 aromatic heterocycles. The molecule has 0 fully saturated rings. The number of phenolic OH excluding ortho intramolecular Hbond substituents is 3. The SMILES string of the molecule is CN(C(=O)c1c(O)cccc1O)c1ccc(O)cc1. The van der Waals surface area contributed by atoms with Gasteiger partial charge in [-0.05, 0) is 36.4 Å². The molecule has 0 bridgehead atoms. The van der Waals surface area contributed by atoms with Crippen molar-refractivity contribution in [1.29, 1.82) is 0 Å². The highest BCUT2D eigenvalue weighted by atomic mass is 16.3. The first-order chi connectivity index (χ1) is 9.00. The molecule has 3 N–H and O–H groups in total. The highest BCUT2D eigenvalue weighted by Crippen LogP contribution is 2.29. The summed E-state index contributed by atoms with van der Waals surface area (Å²) in [6, 6.07) is 10.1. The van der Waals surface area contributed by atoms with E-state index in [9.17, 15) is 20.1 Å². The van der Waals surface area contributed by atoms with Crippen molar-refractivity contribution in [2.24, 2.45) is 0 Å². The van der Waals surface area contributed by atoms with Gasteiger partial charge in [-0.3, -0.25) is 4.79 Å². The zero-order valence-electron chi connectivity index (χ0n) is 10.2. The Bertz CT molecular complexity index is 587. The molecule has 0 aliphatic heterocycles. The molecule has 2 rings (SSSR count).